The molecule has 10 heteroatoms. The molecule has 0 bridgehead atoms. The van der Waals surface area contributed by atoms with E-state index in [1.807, 2.05) is 29.7 Å². The van der Waals surface area contributed by atoms with Gasteiger partial charge in [0.05, 0.1) is 17.7 Å². The van der Waals surface area contributed by atoms with Gasteiger partial charge in [-0.15, -0.1) is 10.2 Å². The van der Waals surface area contributed by atoms with Crippen molar-refractivity contribution >= 4 is 71.1 Å². The molecule has 0 unspecified atom stereocenters. The summed E-state index contributed by atoms with van der Waals surface area (Å²) in [5.74, 6) is 1.38. The second kappa shape index (κ2) is 8.73. The summed E-state index contributed by atoms with van der Waals surface area (Å²) in [6.07, 6.45) is 1.60. The minimum Gasteiger partial charge on any atom is -0.461 e. The summed E-state index contributed by atoms with van der Waals surface area (Å²) >= 11 is 11.6. The van der Waals surface area contributed by atoms with Gasteiger partial charge in [0.25, 0.3) is 0 Å². The van der Waals surface area contributed by atoms with E-state index < -0.39 is 0 Å². The number of anilines is 1. The zero-order valence-corrected chi connectivity index (χ0v) is 19.1. The number of hydrogen-bond acceptors (Lipinski definition) is 5. The molecule has 1 aromatic carbocycles. The van der Waals surface area contributed by atoms with Crippen molar-refractivity contribution in [2.75, 3.05) is 11.1 Å². The van der Waals surface area contributed by atoms with Gasteiger partial charge in [-0.1, -0.05) is 27.7 Å². The van der Waals surface area contributed by atoms with Crippen LogP contribution in [0.2, 0.25) is 0 Å². The Bertz CT molecular complexity index is 905. The van der Waals surface area contributed by atoms with Gasteiger partial charge in [0.15, 0.2) is 16.7 Å². The van der Waals surface area contributed by atoms with Crippen LogP contribution in [-0.4, -0.2) is 26.4 Å². The fraction of sp³-hybridized carbons (Fsp3) is 0.188. The van der Waals surface area contributed by atoms with E-state index in [9.17, 15) is 4.79 Å². The van der Waals surface area contributed by atoms with Crippen molar-refractivity contribution in [3.8, 4) is 11.6 Å². The minimum atomic E-state index is -0.135. The maximum atomic E-state index is 12.3. The highest BCUT2D eigenvalue weighted by atomic mass is 79.9. The smallest absolute Gasteiger partial charge is 0.234 e. The first-order valence-corrected chi connectivity index (χ1v) is 10.9. The average molecular weight is 565 g/mol. The molecule has 0 atom stereocenters. The summed E-state index contributed by atoms with van der Waals surface area (Å²) in [7, 11) is 0. The molecule has 0 saturated heterocycles. The molecule has 2 heterocycles. The third-order valence-electron chi connectivity index (χ3n) is 3.38. The molecule has 0 aliphatic carbocycles. The van der Waals surface area contributed by atoms with E-state index in [2.05, 4.69) is 63.3 Å². The van der Waals surface area contributed by atoms with Crippen LogP contribution in [0.3, 0.4) is 0 Å². The van der Waals surface area contributed by atoms with E-state index in [0.717, 1.165) is 13.4 Å². The van der Waals surface area contributed by atoms with Gasteiger partial charge in [-0.25, -0.2) is 0 Å². The van der Waals surface area contributed by atoms with Crippen LogP contribution in [0.4, 0.5) is 5.69 Å². The number of aromatic nitrogens is 3. The third-order valence-corrected chi connectivity index (χ3v) is 6.05. The highest BCUT2D eigenvalue weighted by molar-refractivity contribution is 9.11. The molecule has 6 nitrogen and oxygen atoms in total. The van der Waals surface area contributed by atoms with Crippen LogP contribution >= 0.6 is 59.6 Å². The van der Waals surface area contributed by atoms with Gasteiger partial charge < -0.3 is 9.73 Å². The SMILES string of the molecule is CCn1c(SCC(=O)Nc2c(Br)cc(Br)cc2Br)nnc1-c1ccco1. The van der Waals surface area contributed by atoms with E-state index in [-0.39, 0.29) is 11.7 Å². The van der Waals surface area contributed by atoms with Gasteiger partial charge in [0.1, 0.15) is 0 Å². The Morgan fingerprint density at radius 1 is 1.27 bits per heavy atom. The van der Waals surface area contributed by atoms with Crippen LogP contribution in [0.5, 0.6) is 0 Å². The van der Waals surface area contributed by atoms with Crippen molar-refractivity contribution in [3.63, 3.8) is 0 Å². The number of nitrogens with one attached hydrogen (secondary N) is 1. The standard InChI is InChI=1S/C16H13Br3N4O2S/c1-2-23-15(12-4-3-5-25-12)21-22-16(23)26-8-13(24)20-14-10(18)6-9(17)7-11(14)19/h3-7H,2,8H2,1H3,(H,20,24). The topological polar surface area (TPSA) is 73.0 Å². The number of carbonyl (C=O) groups excluding carboxylic acids is 1. The van der Waals surface area contributed by atoms with E-state index in [4.69, 9.17) is 4.42 Å². The fourth-order valence-corrected chi connectivity index (χ4v) is 5.50. The molecule has 0 fully saturated rings. The lowest BCUT2D eigenvalue weighted by atomic mass is 10.3. The molecule has 136 valence electrons. The summed E-state index contributed by atoms with van der Waals surface area (Å²) in [4.78, 5) is 12.3. The zero-order valence-electron chi connectivity index (χ0n) is 13.5. The van der Waals surface area contributed by atoms with Gasteiger partial charge in [-0.2, -0.15) is 0 Å². The van der Waals surface area contributed by atoms with Gasteiger partial charge in [0, 0.05) is 20.0 Å². The highest BCUT2D eigenvalue weighted by Gasteiger charge is 2.17. The second-order valence-corrected chi connectivity index (χ2v) is 8.68. The second-order valence-electron chi connectivity index (χ2n) is 5.11. The van der Waals surface area contributed by atoms with Gasteiger partial charge in [0.2, 0.25) is 5.91 Å². The number of halogens is 3. The lowest BCUT2D eigenvalue weighted by molar-refractivity contribution is -0.113. The fourth-order valence-electron chi connectivity index (χ4n) is 2.24. The third kappa shape index (κ3) is 4.41. The van der Waals surface area contributed by atoms with E-state index in [1.54, 1.807) is 12.3 Å². The molecule has 26 heavy (non-hydrogen) atoms. The molecule has 1 amide bonds. The molecule has 3 aromatic rings. The molecular weight excluding hydrogens is 552 g/mol. The average Bonchev–Trinajstić information content (AvgIpc) is 3.24. The van der Waals surface area contributed by atoms with Crippen molar-refractivity contribution in [2.24, 2.45) is 0 Å². The quantitative estimate of drug-likeness (QED) is 0.396. The number of rotatable bonds is 6. The molecule has 3 rings (SSSR count). The Labute approximate surface area is 179 Å². The van der Waals surface area contributed by atoms with Crippen molar-refractivity contribution in [1.29, 1.82) is 0 Å². The van der Waals surface area contributed by atoms with Gasteiger partial charge >= 0.3 is 0 Å². The maximum absolute atomic E-state index is 12.3. The van der Waals surface area contributed by atoms with Gasteiger partial charge in [-0.3, -0.25) is 9.36 Å². The molecule has 0 spiro atoms. The van der Waals surface area contributed by atoms with Crippen molar-refractivity contribution < 1.29 is 9.21 Å². The van der Waals surface area contributed by atoms with Crippen LogP contribution in [0.25, 0.3) is 11.6 Å². The van der Waals surface area contributed by atoms with Gasteiger partial charge in [-0.05, 0) is 63.0 Å². The first-order chi connectivity index (χ1) is 12.5. The lowest BCUT2D eigenvalue weighted by Crippen LogP contribution is -2.15. The first-order valence-electron chi connectivity index (χ1n) is 7.54. The van der Waals surface area contributed by atoms with E-state index in [0.29, 0.717) is 29.0 Å². The van der Waals surface area contributed by atoms with Crippen LogP contribution < -0.4 is 5.32 Å². The number of furan rings is 1. The Morgan fingerprint density at radius 3 is 2.62 bits per heavy atom. The Hall–Kier alpha value is -1.10. The number of nitrogens with zero attached hydrogens (tertiary/aromatic N) is 3. The molecular formula is C16H13Br3N4O2S. The first kappa shape index (κ1) is 19.7. The largest absolute Gasteiger partial charge is 0.461 e. The zero-order chi connectivity index (χ0) is 18.7. The Kier molecular flexibility index (Phi) is 6.60. The van der Waals surface area contributed by atoms with Crippen LogP contribution in [0.1, 0.15) is 6.92 Å². The monoisotopic (exact) mass is 562 g/mol. The van der Waals surface area contributed by atoms with Crippen LogP contribution in [-0.2, 0) is 11.3 Å². The Balaban J connectivity index is 1.69. The van der Waals surface area contributed by atoms with E-state index in [1.165, 1.54) is 11.8 Å². The Morgan fingerprint density at radius 2 is 2.00 bits per heavy atom. The lowest BCUT2D eigenvalue weighted by Gasteiger charge is -2.10. The predicted molar refractivity (Wildman–Crippen MR) is 112 cm³/mol. The molecule has 0 aliphatic heterocycles. The minimum absolute atomic E-state index is 0.135. The summed E-state index contributed by atoms with van der Waals surface area (Å²) in [5, 5.41) is 11.9. The summed E-state index contributed by atoms with van der Waals surface area (Å²) in [6.45, 7) is 2.67. The summed E-state index contributed by atoms with van der Waals surface area (Å²) in [6, 6.07) is 7.38. The number of amides is 1. The summed E-state index contributed by atoms with van der Waals surface area (Å²) in [5.41, 5.74) is 0.687. The number of hydrogen-bond donors (Lipinski definition) is 1. The number of benzene rings is 1. The molecule has 0 saturated carbocycles. The van der Waals surface area contributed by atoms with E-state index >= 15 is 0 Å². The molecule has 0 aliphatic rings. The van der Waals surface area contributed by atoms with Crippen LogP contribution in [0, 0.1) is 0 Å². The molecule has 0 radical (unpaired) electrons. The number of thioether (sulfide) groups is 1. The maximum Gasteiger partial charge on any atom is 0.234 e. The molecule has 2 aromatic heterocycles. The van der Waals surface area contributed by atoms with Crippen molar-refractivity contribution in [1.82, 2.24) is 14.8 Å². The predicted octanol–water partition coefficient (Wildman–Crippen LogP) is 5.58. The highest BCUT2D eigenvalue weighted by Crippen LogP contribution is 2.34. The molecule has 1 N–H and O–H groups in total. The van der Waals surface area contributed by atoms with Crippen LogP contribution in [0.15, 0.2) is 53.5 Å². The van der Waals surface area contributed by atoms with Crippen molar-refractivity contribution in [2.45, 2.75) is 18.6 Å². The van der Waals surface area contributed by atoms with Crippen molar-refractivity contribution in [3.05, 3.63) is 43.9 Å². The summed E-state index contributed by atoms with van der Waals surface area (Å²) < 4.78 is 9.79. The number of carbonyl (C=O) groups is 1. The normalized spacial score (nSPS) is 10.9.